The Labute approximate surface area is 235 Å². The number of Topliss-reactive ketones (excluding diaryl/α,β-unsaturated/α-hetero) is 4. The number of nitrogens with zero attached hydrogens (tertiary/aromatic N) is 1. The fourth-order valence-corrected chi connectivity index (χ4v) is 6.68. The minimum Gasteiger partial charge on any atom is -0.507 e. The van der Waals surface area contributed by atoms with E-state index in [1.54, 1.807) is 36.4 Å². The van der Waals surface area contributed by atoms with Gasteiger partial charge in [0.25, 0.3) is 0 Å². The maximum absolute atomic E-state index is 14.2. The predicted octanol–water partition coefficient (Wildman–Crippen LogP) is 0.235. The van der Waals surface area contributed by atoms with Crippen molar-refractivity contribution in [3.63, 3.8) is 0 Å². The number of ketones is 4. The number of likely N-dealkylation sites (N-methyl/N-ethyl adjacent to an activating group) is 1. The Hall–Kier alpha value is -4.19. The fraction of sp³-hybridized carbons (Fsp3) is 0.367. The van der Waals surface area contributed by atoms with E-state index in [4.69, 9.17) is 10.5 Å². The van der Waals surface area contributed by atoms with Gasteiger partial charge in [-0.15, -0.1) is 0 Å². The summed E-state index contributed by atoms with van der Waals surface area (Å²) >= 11 is 0. The lowest BCUT2D eigenvalue weighted by Gasteiger charge is -2.55. The Morgan fingerprint density at radius 3 is 2.32 bits per heavy atom. The number of fused-ring (bicyclic) bond motifs is 3. The van der Waals surface area contributed by atoms with Gasteiger partial charge in [-0.2, -0.15) is 0 Å². The second-order valence-electron chi connectivity index (χ2n) is 10.8. The van der Waals surface area contributed by atoms with Crippen LogP contribution in [0.3, 0.4) is 0 Å². The van der Waals surface area contributed by atoms with E-state index < -0.39 is 76.2 Å². The number of primary amides is 1. The van der Waals surface area contributed by atoms with Crippen molar-refractivity contribution < 1.29 is 44.0 Å². The largest absolute Gasteiger partial charge is 0.507 e. The first-order chi connectivity index (χ1) is 19.4. The zero-order chi connectivity index (χ0) is 30.0. The number of carbonyl (C=O) groups excluding carboxylic acids is 5. The van der Waals surface area contributed by atoms with Gasteiger partial charge in [-0.3, -0.25) is 28.9 Å². The average Bonchev–Trinajstić information content (AvgIpc) is 2.91. The van der Waals surface area contributed by atoms with Gasteiger partial charge in [0, 0.05) is 5.92 Å². The third-order valence-corrected chi connectivity index (χ3v) is 8.39. The Morgan fingerprint density at radius 1 is 1.07 bits per heavy atom. The highest BCUT2D eigenvalue weighted by Gasteiger charge is 2.72. The molecule has 41 heavy (non-hydrogen) atoms. The van der Waals surface area contributed by atoms with Crippen molar-refractivity contribution in [2.45, 2.75) is 24.7 Å². The number of ether oxygens (including phenoxy) is 1. The molecule has 0 bridgehead atoms. The van der Waals surface area contributed by atoms with Crippen LogP contribution in [0.2, 0.25) is 0 Å². The fourth-order valence-electron chi connectivity index (χ4n) is 6.68. The number of hydrogen-bond acceptors (Lipinski definition) is 10. The first-order valence-corrected chi connectivity index (χ1v) is 13.2. The molecule has 2 aromatic rings. The number of phenols is 1. The number of carbonyl (C=O) groups is 5. The molecule has 0 spiro atoms. The van der Waals surface area contributed by atoms with Crippen LogP contribution in [0.25, 0.3) is 11.6 Å². The summed E-state index contributed by atoms with van der Waals surface area (Å²) in [4.78, 5) is 68.3. The topological polar surface area (TPSA) is 185 Å². The lowest BCUT2D eigenvalue weighted by Crippen LogP contribution is -2.77. The van der Waals surface area contributed by atoms with Crippen LogP contribution in [0, 0.1) is 23.7 Å². The Kier molecular flexibility index (Phi) is 6.93. The summed E-state index contributed by atoms with van der Waals surface area (Å²) in [6.45, 7) is 2.30. The van der Waals surface area contributed by atoms with Gasteiger partial charge in [0.05, 0.1) is 36.2 Å². The van der Waals surface area contributed by atoms with Gasteiger partial charge in [0.2, 0.25) is 5.91 Å². The molecule has 11 nitrogen and oxygen atoms in total. The predicted molar refractivity (Wildman–Crippen MR) is 145 cm³/mol. The van der Waals surface area contributed by atoms with Gasteiger partial charge < -0.3 is 25.8 Å². The smallest absolute Gasteiger partial charge is 0.235 e. The Balaban J connectivity index is 1.76. The number of amides is 1. The SMILES string of the molecule is CCOc1ccc(/C=C2\c3cccc(O)c3C(=O)C3C(=O)[C@@]4(O)C(=O)C(C(N)=O)C(=O)[C@H](N(C)C)[C@H]4[C@H](O)[C@@H]23)cc1. The van der Waals surface area contributed by atoms with Gasteiger partial charge in [0.15, 0.2) is 34.7 Å². The number of hydrogen-bond donors (Lipinski definition) is 4. The molecule has 2 saturated carbocycles. The van der Waals surface area contributed by atoms with Gasteiger partial charge in [-0.25, -0.2) is 0 Å². The van der Waals surface area contributed by atoms with E-state index in [-0.39, 0.29) is 11.1 Å². The number of rotatable bonds is 5. The molecule has 0 aliphatic heterocycles. The summed E-state index contributed by atoms with van der Waals surface area (Å²) in [6.07, 6.45) is -0.132. The van der Waals surface area contributed by atoms with Crippen molar-refractivity contribution in [2.24, 2.45) is 29.4 Å². The normalized spacial score (nSPS) is 32.0. The van der Waals surface area contributed by atoms with Crippen molar-refractivity contribution in [3.8, 4) is 11.5 Å². The van der Waals surface area contributed by atoms with Crippen LogP contribution in [-0.2, 0) is 19.2 Å². The Morgan fingerprint density at radius 2 is 1.73 bits per heavy atom. The average molecular weight is 563 g/mol. The number of aliphatic hydroxyl groups is 2. The standard InChI is InChI=1S/C30H30N2O9/c1-4-41-14-10-8-13(9-11-14)12-16-15-6-5-7-17(33)18(15)24(34)20-19(16)25(35)22-23(32(2)3)26(36)21(29(31)39)28(38)30(22,40)27(20)37/h5-12,19-23,25,33,35,40H,4H2,1-3H3,(H2,31,39)/b16-12+/t19-,20?,21?,22-,23+,25+,30+/m0/s1. The van der Waals surface area contributed by atoms with Crippen LogP contribution in [0.5, 0.6) is 11.5 Å². The van der Waals surface area contributed by atoms with E-state index in [2.05, 4.69) is 0 Å². The molecule has 2 aromatic carbocycles. The van der Waals surface area contributed by atoms with Crippen molar-refractivity contribution in [1.29, 1.82) is 0 Å². The molecule has 1 amide bonds. The summed E-state index contributed by atoms with van der Waals surface area (Å²) in [6, 6.07) is 9.78. The van der Waals surface area contributed by atoms with Crippen LogP contribution in [0.15, 0.2) is 42.5 Å². The molecular formula is C30H30N2O9. The van der Waals surface area contributed by atoms with Crippen LogP contribution in [-0.4, -0.2) is 87.7 Å². The monoisotopic (exact) mass is 562 g/mol. The van der Waals surface area contributed by atoms with Gasteiger partial charge in [-0.05, 0) is 55.9 Å². The van der Waals surface area contributed by atoms with Gasteiger partial charge >= 0.3 is 0 Å². The maximum Gasteiger partial charge on any atom is 0.235 e. The lowest BCUT2D eigenvalue weighted by atomic mass is 9.50. The highest BCUT2D eigenvalue weighted by atomic mass is 16.5. The van der Waals surface area contributed by atoms with Crippen molar-refractivity contribution >= 4 is 40.7 Å². The molecule has 3 aliphatic rings. The van der Waals surface area contributed by atoms with E-state index in [9.17, 15) is 39.3 Å². The van der Waals surface area contributed by atoms with E-state index in [0.29, 0.717) is 23.5 Å². The van der Waals surface area contributed by atoms with Gasteiger partial charge in [-0.1, -0.05) is 30.3 Å². The van der Waals surface area contributed by atoms with E-state index in [0.717, 1.165) is 0 Å². The Bertz CT molecular complexity index is 1510. The molecule has 7 atom stereocenters. The van der Waals surface area contributed by atoms with Crippen LogP contribution in [0.1, 0.15) is 28.4 Å². The molecule has 5 rings (SSSR count). The number of phenolic OH excluding ortho intramolecular Hbond substituents is 1. The minimum atomic E-state index is -3.06. The highest BCUT2D eigenvalue weighted by Crippen LogP contribution is 2.54. The van der Waals surface area contributed by atoms with Crippen molar-refractivity contribution in [1.82, 2.24) is 4.90 Å². The summed E-state index contributed by atoms with van der Waals surface area (Å²) in [7, 11) is 2.88. The van der Waals surface area contributed by atoms with Crippen molar-refractivity contribution in [3.05, 3.63) is 59.2 Å². The third kappa shape index (κ3) is 4.03. The molecule has 214 valence electrons. The van der Waals surface area contributed by atoms with Crippen LogP contribution >= 0.6 is 0 Å². The molecular weight excluding hydrogens is 532 g/mol. The third-order valence-electron chi connectivity index (χ3n) is 8.39. The summed E-state index contributed by atoms with van der Waals surface area (Å²) in [5.74, 6) is -12.7. The molecule has 2 unspecified atom stereocenters. The molecule has 0 heterocycles. The number of aromatic hydroxyl groups is 1. The number of benzene rings is 2. The van der Waals surface area contributed by atoms with Crippen LogP contribution < -0.4 is 10.5 Å². The van der Waals surface area contributed by atoms with E-state index in [1.807, 2.05) is 6.92 Å². The van der Waals surface area contributed by atoms with E-state index >= 15 is 0 Å². The molecule has 5 N–H and O–H groups in total. The quantitative estimate of drug-likeness (QED) is 0.368. The maximum atomic E-state index is 14.2. The molecule has 0 aromatic heterocycles. The second-order valence-corrected chi connectivity index (χ2v) is 10.8. The molecule has 3 aliphatic carbocycles. The van der Waals surface area contributed by atoms with Gasteiger partial charge in [0.1, 0.15) is 11.5 Å². The number of aliphatic hydroxyl groups excluding tert-OH is 1. The molecule has 0 radical (unpaired) electrons. The zero-order valence-electron chi connectivity index (χ0n) is 22.6. The lowest BCUT2D eigenvalue weighted by molar-refractivity contribution is -0.192. The summed E-state index contributed by atoms with van der Waals surface area (Å²) in [5, 5.41) is 34.4. The van der Waals surface area contributed by atoms with E-state index in [1.165, 1.54) is 31.1 Å². The first kappa shape index (κ1) is 28.3. The minimum absolute atomic E-state index is 0.205. The molecule has 2 fully saturated rings. The zero-order valence-corrected chi connectivity index (χ0v) is 22.6. The van der Waals surface area contributed by atoms with Crippen LogP contribution in [0.4, 0.5) is 0 Å². The summed E-state index contributed by atoms with van der Waals surface area (Å²) < 4.78 is 5.49. The first-order valence-electron chi connectivity index (χ1n) is 13.2. The summed E-state index contributed by atoms with van der Waals surface area (Å²) in [5.41, 5.74) is 3.24. The highest BCUT2D eigenvalue weighted by molar-refractivity contribution is 6.33. The second kappa shape index (κ2) is 10.0. The molecule has 0 saturated heterocycles. The number of nitrogens with two attached hydrogens (primary N) is 1. The molecule has 11 heteroatoms. The van der Waals surface area contributed by atoms with Crippen molar-refractivity contribution in [2.75, 3.05) is 20.7 Å².